The van der Waals surface area contributed by atoms with Crippen LogP contribution in [0.15, 0.2) is 30.3 Å². The van der Waals surface area contributed by atoms with Crippen molar-refractivity contribution in [2.24, 2.45) is 0 Å². The number of benzene rings is 1. The zero-order chi connectivity index (χ0) is 17.1. The van der Waals surface area contributed by atoms with Crippen LogP contribution in [0, 0.1) is 0 Å². The van der Waals surface area contributed by atoms with E-state index in [2.05, 4.69) is 17.3 Å². The molecular formula is C18H26N4O2. The van der Waals surface area contributed by atoms with Crippen LogP contribution in [-0.4, -0.2) is 67.6 Å². The van der Waals surface area contributed by atoms with E-state index in [9.17, 15) is 9.59 Å². The topological polar surface area (TPSA) is 55.9 Å². The van der Waals surface area contributed by atoms with Gasteiger partial charge >= 0.3 is 6.03 Å². The predicted molar refractivity (Wildman–Crippen MR) is 94.0 cm³/mol. The lowest BCUT2D eigenvalue weighted by atomic mass is 10.0. The Morgan fingerprint density at radius 3 is 2.54 bits per heavy atom. The Morgan fingerprint density at radius 2 is 1.88 bits per heavy atom. The second-order valence-electron chi connectivity index (χ2n) is 6.84. The molecule has 2 saturated heterocycles. The number of piperidine rings is 1. The average Bonchev–Trinajstić information content (AvgIpc) is 2.96. The Labute approximate surface area is 143 Å². The highest BCUT2D eigenvalue weighted by atomic mass is 16.2. The molecule has 2 aliphatic rings. The first kappa shape index (κ1) is 16.8. The fraction of sp³-hybridized carbons (Fsp3) is 0.556. The number of likely N-dealkylation sites (tertiary alicyclic amines) is 1. The SMILES string of the molecule is CN1CCC(N(C)C(=O)N[C@H]2CC(=O)N(c3ccccc3)C2)CC1. The minimum atomic E-state index is -0.126. The van der Waals surface area contributed by atoms with Gasteiger partial charge in [-0.25, -0.2) is 4.79 Å². The van der Waals surface area contributed by atoms with E-state index in [0.29, 0.717) is 13.0 Å². The molecule has 2 fully saturated rings. The standard InChI is InChI=1S/C18H26N4O2/c1-20-10-8-15(9-11-20)21(2)18(24)19-14-12-17(23)22(13-14)16-6-4-3-5-7-16/h3-7,14-15H,8-13H2,1-2H3,(H,19,24)/t14-/m0/s1. The highest BCUT2D eigenvalue weighted by molar-refractivity contribution is 5.96. The third-order valence-corrected chi connectivity index (χ3v) is 5.08. The number of nitrogens with one attached hydrogen (secondary N) is 1. The van der Waals surface area contributed by atoms with Gasteiger partial charge in [0.1, 0.15) is 0 Å². The molecule has 1 atom stereocenters. The lowest BCUT2D eigenvalue weighted by molar-refractivity contribution is -0.117. The summed E-state index contributed by atoms with van der Waals surface area (Å²) in [4.78, 5) is 30.6. The van der Waals surface area contributed by atoms with Gasteiger partial charge in [-0.05, 0) is 45.1 Å². The number of para-hydroxylation sites is 1. The van der Waals surface area contributed by atoms with Gasteiger partial charge < -0.3 is 20.0 Å². The molecule has 130 valence electrons. The first-order valence-electron chi connectivity index (χ1n) is 8.62. The molecule has 6 nitrogen and oxygen atoms in total. The monoisotopic (exact) mass is 330 g/mol. The Morgan fingerprint density at radius 1 is 1.21 bits per heavy atom. The lowest BCUT2D eigenvalue weighted by Gasteiger charge is -2.35. The van der Waals surface area contributed by atoms with Gasteiger partial charge in [-0.1, -0.05) is 18.2 Å². The number of urea groups is 1. The third-order valence-electron chi connectivity index (χ3n) is 5.08. The van der Waals surface area contributed by atoms with E-state index < -0.39 is 0 Å². The van der Waals surface area contributed by atoms with Gasteiger partial charge in [0.25, 0.3) is 0 Å². The molecule has 3 rings (SSSR count). The number of hydrogen-bond donors (Lipinski definition) is 1. The number of amides is 3. The molecule has 6 heteroatoms. The van der Waals surface area contributed by atoms with E-state index in [0.717, 1.165) is 31.6 Å². The Kier molecular flexibility index (Phi) is 5.04. The van der Waals surface area contributed by atoms with Gasteiger partial charge in [0.05, 0.1) is 6.04 Å². The Bertz CT molecular complexity index is 584. The number of rotatable bonds is 3. The quantitative estimate of drug-likeness (QED) is 0.914. The molecule has 2 aliphatic heterocycles. The van der Waals surface area contributed by atoms with Crippen LogP contribution in [0.2, 0.25) is 0 Å². The summed E-state index contributed by atoms with van der Waals surface area (Å²) >= 11 is 0. The molecule has 0 radical (unpaired) electrons. The van der Waals surface area contributed by atoms with E-state index in [1.165, 1.54) is 0 Å². The molecule has 24 heavy (non-hydrogen) atoms. The molecule has 2 heterocycles. The van der Waals surface area contributed by atoms with Gasteiger partial charge in [0, 0.05) is 31.7 Å². The second-order valence-corrected chi connectivity index (χ2v) is 6.84. The van der Waals surface area contributed by atoms with Crippen LogP contribution >= 0.6 is 0 Å². The summed E-state index contributed by atoms with van der Waals surface area (Å²) in [7, 11) is 3.97. The summed E-state index contributed by atoms with van der Waals surface area (Å²) in [5.41, 5.74) is 0.892. The summed E-state index contributed by atoms with van der Waals surface area (Å²) < 4.78 is 0. The molecular weight excluding hydrogens is 304 g/mol. The smallest absolute Gasteiger partial charge is 0.317 e. The van der Waals surface area contributed by atoms with Crippen molar-refractivity contribution in [2.75, 3.05) is 38.6 Å². The molecule has 0 aliphatic carbocycles. The van der Waals surface area contributed by atoms with Crippen LogP contribution in [0.25, 0.3) is 0 Å². The highest BCUT2D eigenvalue weighted by Crippen LogP contribution is 2.21. The number of anilines is 1. The van der Waals surface area contributed by atoms with E-state index in [-0.39, 0.29) is 24.0 Å². The van der Waals surface area contributed by atoms with E-state index >= 15 is 0 Å². The van der Waals surface area contributed by atoms with E-state index in [4.69, 9.17) is 0 Å². The first-order chi connectivity index (χ1) is 11.5. The van der Waals surface area contributed by atoms with Gasteiger partial charge in [0.2, 0.25) is 5.91 Å². The van der Waals surface area contributed by atoms with Crippen LogP contribution in [0.3, 0.4) is 0 Å². The maximum Gasteiger partial charge on any atom is 0.317 e. The number of hydrogen-bond acceptors (Lipinski definition) is 3. The van der Waals surface area contributed by atoms with E-state index in [1.54, 1.807) is 4.90 Å². The molecule has 1 N–H and O–H groups in total. The van der Waals surface area contributed by atoms with Crippen molar-refractivity contribution < 1.29 is 9.59 Å². The summed E-state index contributed by atoms with van der Waals surface area (Å²) in [6.07, 6.45) is 2.36. The summed E-state index contributed by atoms with van der Waals surface area (Å²) in [6.45, 7) is 2.58. The fourth-order valence-electron chi connectivity index (χ4n) is 3.49. The Hall–Kier alpha value is -2.08. The van der Waals surface area contributed by atoms with Crippen LogP contribution < -0.4 is 10.2 Å². The molecule has 0 aromatic heterocycles. The van der Waals surface area contributed by atoms with Crippen LogP contribution in [0.5, 0.6) is 0 Å². The number of carbonyl (C=O) groups is 2. The number of carbonyl (C=O) groups excluding carboxylic acids is 2. The van der Waals surface area contributed by atoms with Gasteiger partial charge in [-0.3, -0.25) is 4.79 Å². The van der Waals surface area contributed by atoms with Crippen molar-refractivity contribution >= 4 is 17.6 Å². The maximum atomic E-state index is 12.5. The Balaban J connectivity index is 1.54. The van der Waals surface area contributed by atoms with Crippen LogP contribution in [-0.2, 0) is 4.79 Å². The summed E-state index contributed by atoms with van der Waals surface area (Å²) in [5.74, 6) is 0.0634. The van der Waals surface area contributed by atoms with Crippen LogP contribution in [0.1, 0.15) is 19.3 Å². The molecule has 0 unspecified atom stereocenters. The second kappa shape index (κ2) is 7.21. The molecule has 0 bridgehead atoms. The highest BCUT2D eigenvalue weighted by Gasteiger charge is 2.33. The van der Waals surface area contributed by atoms with Crippen molar-refractivity contribution in [3.05, 3.63) is 30.3 Å². The lowest BCUT2D eigenvalue weighted by Crippen LogP contribution is -2.50. The molecule has 0 spiro atoms. The summed E-state index contributed by atoms with van der Waals surface area (Å²) in [6, 6.07) is 9.70. The van der Waals surface area contributed by atoms with Gasteiger partial charge in [-0.15, -0.1) is 0 Å². The van der Waals surface area contributed by atoms with Gasteiger partial charge in [0.15, 0.2) is 0 Å². The van der Waals surface area contributed by atoms with Crippen molar-refractivity contribution in [2.45, 2.75) is 31.3 Å². The van der Waals surface area contributed by atoms with Gasteiger partial charge in [-0.2, -0.15) is 0 Å². The van der Waals surface area contributed by atoms with Crippen LogP contribution in [0.4, 0.5) is 10.5 Å². The van der Waals surface area contributed by atoms with Crippen molar-refractivity contribution in [3.63, 3.8) is 0 Å². The van der Waals surface area contributed by atoms with Crippen molar-refractivity contribution in [1.29, 1.82) is 0 Å². The molecule has 1 aromatic rings. The number of nitrogens with zero attached hydrogens (tertiary/aromatic N) is 3. The molecule has 3 amide bonds. The normalized spacial score (nSPS) is 22.7. The van der Waals surface area contributed by atoms with Crippen molar-refractivity contribution in [3.8, 4) is 0 Å². The largest absolute Gasteiger partial charge is 0.333 e. The third kappa shape index (κ3) is 3.70. The van der Waals surface area contributed by atoms with Crippen molar-refractivity contribution in [1.82, 2.24) is 15.1 Å². The molecule has 0 saturated carbocycles. The van der Waals surface area contributed by atoms with E-state index in [1.807, 2.05) is 42.3 Å². The fourth-order valence-corrected chi connectivity index (χ4v) is 3.49. The average molecular weight is 330 g/mol. The minimum Gasteiger partial charge on any atom is -0.333 e. The summed E-state index contributed by atoms with van der Waals surface area (Å²) in [5, 5.41) is 3.03. The first-order valence-corrected chi connectivity index (χ1v) is 8.62. The zero-order valence-electron chi connectivity index (χ0n) is 14.4. The minimum absolute atomic E-state index is 0.0634. The zero-order valence-corrected chi connectivity index (χ0v) is 14.4. The molecule has 1 aromatic carbocycles. The predicted octanol–water partition coefficient (Wildman–Crippen LogP) is 1.53. The maximum absolute atomic E-state index is 12.5.